The van der Waals surface area contributed by atoms with Crippen molar-refractivity contribution in [3.8, 4) is 11.5 Å². The maximum absolute atomic E-state index is 12.1. The van der Waals surface area contributed by atoms with Crippen molar-refractivity contribution in [3.63, 3.8) is 0 Å². The third-order valence-electron chi connectivity index (χ3n) is 2.96. The van der Waals surface area contributed by atoms with Gasteiger partial charge in [0.1, 0.15) is 0 Å². The summed E-state index contributed by atoms with van der Waals surface area (Å²) in [5.41, 5.74) is 1.49. The van der Waals surface area contributed by atoms with Crippen LogP contribution in [0.2, 0.25) is 10.0 Å². The van der Waals surface area contributed by atoms with E-state index in [1.54, 1.807) is 30.3 Å². The number of fused-ring (bicyclic) bond motifs is 1. The maximum atomic E-state index is 12.1. The molecular formula is C15H9Cl2NO2. The highest BCUT2D eigenvalue weighted by Gasteiger charge is 2.14. The fraction of sp³-hybridized carbons (Fsp3) is 0.0667. The topological polar surface area (TPSA) is 43.1 Å². The molecule has 1 heterocycles. The smallest absolute Gasteiger partial charge is 0.347 e. The molecule has 0 bridgehead atoms. The zero-order valence-corrected chi connectivity index (χ0v) is 12.0. The maximum Gasteiger partial charge on any atom is 0.347 e. The van der Waals surface area contributed by atoms with Gasteiger partial charge in [-0.05, 0) is 31.2 Å². The Balaban J connectivity index is 2.34. The van der Waals surface area contributed by atoms with Crippen LogP contribution in [0.4, 0.5) is 0 Å². The van der Waals surface area contributed by atoms with E-state index >= 15 is 0 Å². The molecule has 5 heteroatoms. The van der Waals surface area contributed by atoms with Crippen molar-refractivity contribution in [3.05, 3.63) is 62.4 Å². The third kappa shape index (κ3) is 2.19. The molecular weight excluding hydrogens is 297 g/mol. The first-order valence-electron chi connectivity index (χ1n) is 5.92. The summed E-state index contributed by atoms with van der Waals surface area (Å²) in [5.74, 6) is 0.127. The Labute approximate surface area is 124 Å². The van der Waals surface area contributed by atoms with Crippen LogP contribution in [0.1, 0.15) is 5.56 Å². The third-order valence-corrected chi connectivity index (χ3v) is 3.59. The van der Waals surface area contributed by atoms with Crippen LogP contribution in [0, 0.1) is 6.92 Å². The van der Waals surface area contributed by atoms with Crippen molar-refractivity contribution in [1.29, 1.82) is 0 Å². The van der Waals surface area contributed by atoms with Crippen molar-refractivity contribution in [1.82, 2.24) is 4.98 Å². The largest absolute Gasteiger partial charge is 0.403 e. The molecule has 0 aliphatic rings. The van der Waals surface area contributed by atoms with E-state index in [2.05, 4.69) is 4.98 Å². The lowest BCUT2D eigenvalue weighted by atomic mass is 10.1. The Morgan fingerprint density at radius 1 is 1.10 bits per heavy atom. The van der Waals surface area contributed by atoms with E-state index in [9.17, 15) is 4.79 Å². The molecule has 0 N–H and O–H groups in total. The van der Waals surface area contributed by atoms with E-state index in [0.29, 0.717) is 26.5 Å². The highest BCUT2D eigenvalue weighted by atomic mass is 35.5. The summed E-state index contributed by atoms with van der Waals surface area (Å²) in [6, 6.07) is 10.5. The van der Waals surface area contributed by atoms with Crippen molar-refractivity contribution in [2.45, 2.75) is 6.92 Å². The molecule has 0 unspecified atom stereocenters. The molecule has 0 amide bonds. The van der Waals surface area contributed by atoms with Crippen LogP contribution in [0.15, 0.2) is 45.6 Å². The average Bonchev–Trinajstić information content (AvgIpc) is 2.39. The fourth-order valence-electron chi connectivity index (χ4n) is 1.99. The SMILES string of the molecule is Cc1ccc2nc(-c3c(Cl)cccc3Cl)oc(=O)c2c1. The Bertz CT molecular complexity index is 851. The minimum atomic E-state index is -0.454. The summed E-state index contributed by atoms with van der Waals surface area (Å²) in [5, 5.41) is 1.22. The van der Waals surface area contributed by atoms with Gasteiger partial charge in [-0.25, -0.2) is 9.78 Å². The molecule has 0 saturated heterocycles. The second kappa shape index (κ2) is 4.93. The van der Waals surface area contributed by atoms with E-state index < -0.39 is 5.63 Å². The number of hydrogen-bond acceptors (Lipinski definition) is 3. The molecule has 0 fully saturated rings. The molecule has 100 valence electrons. The fourth-order valence-corrected chi connectivity index (χ4v) is 2.55. The number of halogens is 2. The van der Waals surface area contributed by atoms with Gasteiger partial charge in [0.05, 0.1) is 26.5 Å². The summed E-state index contributed by atoms with van der Waals surface area (Å²) in [4.78, 5) is 16.4. The van der Waals surface area contributed by atoms with E-state index in [1.807, 2.05) is 13.0 Å². The van der Waals surface area contributed by atoms with Crippen LogP contribution >= 0.6 is 23.2 Å². The molecule has 0 radical (unpaired) electrons. The highest BCUT2D eigenvalue weighted by molar-refractivity contribution is 6.38. The van der Waals surface area contributed by atoms with Crippen LogP contribution in [0.5, 0.6) is 0 Å². The molecule has 0 aliphatic carbocycles. The lowest BCUT2D eigenvalue weighted by molar-refractivity contribution is 0.518. The zero-order chi connectivity index (χ0) is 14.3. The van der Waals surface area contributed by atoms with Gasteiger partial charge in [0.2, 0.25) is 5.89 Å². The molecule has 0 spiro atoms. The number of nitrogens with zero attached hydrogens (tertiary/aromatic N) is 1. The van der Waals surface area contributed by atoms with Gasteiger partial charge in [-0.2, -0.15) is 0 Å². The first-order chi connectivity index (χ1) is 9.56. The van der Waals surface area contributed by atoms with Gasteiger partial charge in [-0.1, -0.05) is 40.9 Å². The summed E-state index contributed by atoms with van der Waals surface area (Å²) in [6.07, 6.45) is 0. The molecule has 1 aromatic heterocycles. The summed E-state index contributed by atoms with van der Waals surface area (Å²) < 4.78 is 5.26. The van der Waals surface area contributed by atoms with E-state index in [0.717, 1.165) is 5.56 Å². The van der Waals surface area contributed by atoms with Gasteiger partial charge < -0.3 is 4.42 Å². The lowest BCUT2D eigenvalue weighted by Gasteiger charge is -2.06. The van der Waals surface area contributed by atoms with Crippen LogP contribution in [0.3, 0.4) is 0 Å². The number of aromatic nitrogens is 1. The van der Waals surface area contributed by atoms with Crippen molar-refractivity contribution in [2.24, 2.45) is 0 Å². The predicted molar refractivity (Wildman–Crippen MR) is 80.5 cm³/mol. The first-order valence-corrected chi connectivity index (χ1v) is 6.68. The number of rotatable bonds is 1. The molecule has 3 nitrogen and oxygen atoms in total. The van der Waals surface area contributed by atoms with Crippen LogP contribution in [-0.4, -0.2) is 4.98 Å². The Morgan fingerprint density at radius 2 is 1.80 bits per heavy atom. The van der Waals surface area contributed by atoms with E-state index in [1.165, 1.54) is 0 Å². The van der Waals surface area contributed by atoms with Gasteiger partial charge in [-0.15, -0.1) is 0 Å². The molecule has 2 aromatic carbocycles. The van der Waals surface area contributed by atoms with Crippen LogP contribution < -0.4 is 5.63 Å². The van der Waals surface area contributed by atoms with Gasteiger partial charge in [0.25, 0.3) is 0 Å². The van der Waals surface area contributed by atoms with Crippen LogP contribution in [-0.2, 0) is 0 Å². The second-order valence-electron chi connectivity index (χ2n) is 4.42. The van der Waals surface area contributed by atoms with Gasteiger partial charge >= 0.3 is 5.63 Å². The molecule has 3 rings (SSSR count). The van der Waals surface area contributed by atoms with Gasteiger partial charge in [0, 0.05) is 0 Å². The lowest BCUT2D eigenvalue weighted by Crippen LogP contribution is -2.03. The highest BCUT2D eigenvalue weighted by Crippen LogP contribution is 2.33. The molecule has 20 heavy (non-hydrogen) atoms. The van der Waals surface area contributed by atoms with Gasteiger partial charge in [-0.3, -0.25) is 0 Å². The molecule has 0 atom stereocenters. The summed E-state index contributed by atoms with van der Waals surface area (Å²) in [7, 11) is 0. The summed E-state index contributed by atoms with van der Waals surface area (Å²) >= 11 is 12.2. The van der Waals surface area contributed by atoms with Crippen molar-refractivity contribution in [2.75, 3.05) is 0 Å². The Kier molecular flexibility index (Phi) is 3.24. The van der Waals surface area contributed by atoms with Gasteiger partial charge in [0.15, 0.2) is 0 Å². The van der Waals surface area contributed by atoms with Crippen LogP contribution in [0.25, 0.3) is 22.4 Å². The average molecular weight is 306 g/mol. The molecule has 3 aromatic rings. The Morgan fingerprint density at radius 3 is 2.50 bits per heavy atom. The number of benzene rings is 2. The summed E-state index contributed by atoms with van der Waals surface area (Å²) in [6.45, 7) is 1.90. The Hall–Kier alpha value is -1.84. The molecule has 0 aliphatic heterocycles. The first kappa shape index (κ1) is 13.2. The minimum absolute atomic E-state index is 0.127. The monoisotopic (exact) mass is 305 g/mol. The van der Waals surface area contributed by atoms with E-state index in [4.69, 9.17) is 27.6 Å². The zero-order valence-electron chi connectivity index (χ0n) is 10.5. The normalized spacial score (nSPS) is 10.9. The van der Waals surface area contributed by atoms with Crippen molar-refractivity contribution < 1.29 is 4.42 Å². The second-order valence-corrected chi connectivity index (χ2v) is 5.24. The number of hydrogen-bond donors (Lipinski definition) is 0. The molecule has 0 saturated carbocycles. The predicted octanol–water partition coefficient (Wildman–Crippen LogP) is 4.47. The quantitative estimate of drug-likeness (QED) is 0.666. The standard InChI is InChI=1S/C15H9Cl2NO2/c1-8-5-6-12-9(7-8)15(19)20-14(18-12)13-10(16)3-2-4-11(13)17/h2-7H,1H3. The number of aryl methyl sites for hydroxylation is 1. The minimum Gasteiger partial charge on any atom is -0.403 e. The van der Waals surface area contributed by atoms with Crippen molar-refractivity contribution >= 4 is 34.1 Å². The van der Waals surface area contributed by atoms with E-state index in [-0.39, 0.29) is 5.89 Å².